The predicted octanol–water partition coefficient (Wildman–Crippen LogP) is 5.23. The zero-order valence-corrected chi connectivity index (χ0v) is 19.4. The first-order valence-electron chi connectivity index (χ1n) is 10.0. The maximum atomic E-state index is 12.2. The number of non-ortho nitro benzene ring substituents is 1. The van der Waals surface area contributed by atoms with Crippen molar-refractivity contribution in [2.24, 2.45) is 0 Å². The van der Waals surface area contributed by atoms with E-state index in [1.165, 1.54) is 12.1 Å². The van der Waals surface area contributed by atoms with E-state index in [1.807, 2.05) is 66.7 Å². The first-order chi connectivity index (χ1) is 16.8. The molecular formula is C24H16N2O7S2. The van der Waals surface area contributed by atoms with Crippen molar-refractivity contribution in [2.75, 3.05) is 0 Å². The molecule has 0 saturated heterocycles. The normalized spacial score (nSPS) is 14.1. The largest absolute Gasteiger partial charge is 0.328 e. The molecule has 0 spiro atoms. The summed E-state index contributed by atoms with van der Waals surface area (Å²) in [4.78, 5) is 21.7. The van der Waals surface area contributed by atoms with Gasteiger partial charge in [-0.15, -0.1) is 10.1 Å². The number of rotatable bonds is 1. The third-order valence-corrected chi connectivity index (χ3v) is 8.22. The maximum absolute atomic E-state index is 12.2. The molecule has 1 N–H and O–H groups in total. The lowest BCUT2D eigenvalue weighted by Crippen LogP contribution is -1.90. The summed E-state index contributed by atoms with van der Waals surface area (Å²) < 4.78 is 24.2. The molecule has 0 aliphatic carbocycles. The summed E-state index contributed by atoms with van der Waals surface area (Å²) in [6.45, 7) is 0. The van der Waals surface area contributed by atoms with Crippen molar-refractivity contribution in [3.8, 4) is 22.3 Å². The number of fused-ring (bicyclic) bond motifs is 6. The van der Waals surface area contributed by atoms with E-state index in [2.05, 4.69) is 0 Å². The number of hydrogen-bond donors (Lipinski definition) is 1. The first kappa shape index (κ1) is 23.9. The molecule has 4 aromatic carbocycles. The summed E-state index contributed by atoms with van der Waals surface area (Å²) >= 11 is 0. The summed E-state index contributed by atoms with van der Waals surface area (Å²) in [6.07, 6.45) is 0. The monoisotopic (exact) mass is 508 g/mol. The number of nitro groups is 1. The van der Waals surface area contributed by atoms with Crippen molar-refractivity contribution in [3.05, 3.63) is 111 Å². The van der Waals surface area contributed by atoms with Gasteiger partial charge >= 0.3 is 0 Å². The molecule has 11 heteroatoms. The van der Waals surface area contributed by atoms with Gasteiger partial charge in [-0.25, -0.2) is 8.42 Å². The van der Waals surface area contributed by atoms with Gasteiger partial charge in [0.1, 0.15) is 0 Å². The van der Waals surface area contributed by atoms with E-state index in [9.17, 15) is 18.5 Å². The lowest BCUT2D eigenvalue weighted by molar-refractivity contribution is -0.742. The van der Waals surface area contributed by atoms with E-state index < -0.39 is 31.6 Å². The number of hydrogen-bond acceptors (Lipinski definition) is 6. The van der Waals surface area contributed by atoms with Gasteiger partial charge in [-0.1, -0.05) is 54.6 Å². The number of nitrogens with zero attached hydrogens (tertiary/aromatic N) is 2. The first-order valence-corrected chi connectivity index (χ1v) is 12.3. The second-order valence-corrected chi connectivity index (χ2v) is 10.0. The minimum Gasteiger partial charge on any atom is -0.328 e. The van der Waals surface area contributed by atoms with E-state index >= 15 is 0 Å². The van der Waals surface area contributed by atoms with Crippen LogP contribution >= 0.6 is 0 Å². The van der Waals surface area contributed by atoms with E-state index in [0.717, 1.165) is 36.9 Å². The molecule has 176 valence electrons. The molecule has 0 amide bonds. The van der Waals surface area contributed by atoms with Crippen molar-refractivity contribution in [3.63, 3.8) is 0 Å². The highest BCUT2D eigenvalue weighted by Crippen LogP contribution is 2.42. The van der Waals surface area contributed by atoms with Crippen LogP contribution in [0.15, 0.2) is 111 Å². The van der Waals surface area contributed by atoms with E-state index in [1.54, 1.807) is 12.1 Å². The van der Waals surface area contributed by atoms with Crippen LogP contribution in [0.5, 0.6) is 0 Å². The van der Waals surface area contributed by atoms with Crippen LogP contribution in [0.2, 0.25) is 0 Å². The van der Waals surface area contributed by atoms with Gasteiger partial charge in [0.15, 0.2) is 0 Å². The molecule has 9 nitrogen and oxygen atoms in total. The quantitative estimate of drug-likeness (QED) is 0.237. The highest BCUT2D eigenvalue weighted by Gasteiger charge is 2.27. The van der Waals surface area contributed by atoms with Crippen LogP contribution < -0.4 is 0 Å². The Morgan fingerprint density at radius 2 is 0.914 bits per heavy atom. The Hall–Kier alpha value is -4.22. The second-order valence-electron chi connectivity index (χ2n) is 7.20. The molecule has 0 radical (unpaired) electrons. The van der Waals surface area contributed by atoms with Crippen LogP contribution in [0, 0.1) is 20.2 Å². The van der Waals surface area contributed by atoms with Crippen LogP contribution in [0.3, 0.4) is 0 Å². The molecule has 1 atom stereocenters. The Morgan fingerprint density at radius 1 is 0.571 bits per heavy atom. The van der Waals surface area contributed by atoms with Gasteiger partial charge in [-0.3, -0.25) is 10.1 Å². The highest BCUT2D eigenvalue weighted by molar-refractivity contribution is 7.86. The lowest BCUT2D eigenvalue weighted by Gasteiger charge is -1.97. The van der Waals surface area contributed by atoms with Crippen LogP contribution in [0.4, 0.5) is 5.69 Å². The fourth-order valence-corrected chi connectivity index (χ4v) is 6.61. The van der Waals surface area contributed by atoms with Gasteiger partial charge in [0.05, 0.1) is 46.1 Å². The van der Waals surface area contributed by atoms with Gasteiger partial charge in [0.25, 0.3) is 10.8 Å². The van der Waals surface area contributed by atoms with Crippen molar-refractivity contribution in [2.45, 2.75) is 19.6 Å². The Balaban J connectivity index is 0.000000145. The molecule has 0 saturated carbocycles. The Kier molecular flexibility index (Phi) is 6.80. The minimum atomic E-state index is -1.50. The van der Waals surface area contributed by atoms with Gasteiger partial charge in [0.2, 0.25) is 0 Å². The Morgan fingerprint density at radius 3 is 1.31 bits per heavy atom. The zero-order valence-electron chi connectivity index (χ0n) is 17.8. The van der Waals surface area contributed by atoms with Crippen molar-refractivity contribution < 1.29 is 23.6 Å². The number of nitro benzene ring substituents is 1. The minimum absolute atomic E-state index is 0.0232. The van der Waals surface area contributed by atoms with Crippen molar-refractivity contribution in [1.29, 1.82) is 0 Å². The third-order valence-electron chi connectivity index (χ3n) is 5.22. The topological polar surface area (TPSA) is 141 Å². The molecule has 0 bridgehead atoms. The smallest absolute Gasteiger partial charge is 0.291 e. The van der Waals surface area contributed by atoms with Gasteiger partial charge in [-0.05, 0) is 46.5 Å². The molecule has 2 aliphatic heterocycles. The van der Waals surface area contributed by atoms with Crippen LogP contribution in [-0.2, 0) is 21.6 Å². The second kappa shape index (κ2) is 9.95. The van der Waals surface area contributed by atoms with E-state index in [4.69, 9.17) is 15.3 Å². The zero-order chi connectivity index (χ0) is 25.1. The van der Waals surface area contributed by atoms with Crippen LogP contribution in [0.1, 0.15) is 0 Å². The summed E-state index contributed by atoms with van der Waals surface area (Å²) in [6, 6.07) is 27.6. The summed E-state index contributed by atoms with van der Waals surface area (Å²) in [5.74, 6) is 0. The lowest BCUT2D eigenvalue weighted by atomic mass is 10.1. The average molecular weight is 509 g/mol. The molecule has 0 fully saturated rings. The molecule has 0 aromatic heterocycles. The number of benzene rings is 4. The third kappa shape index (κ3) is 4.72. The van der Waals surface area contributed by atoms with Gasteiger partial charge in [-0.2, -0.15) is 0 Å². The summed E-state index contributed by atoms with van der Waals surface area (Å²) in [5, 5.41) is 24.3. The van der Waals surface area contributed by atoms with Crippen LogP contribution in [0.25, 0.3) is 22.3 Å². The Bertz CT molecular complexity index is 1470. The summed E-state index contributed by atoms with van der Waals surface area (Å²) in [5.41, 5.74) is 3.92. The maximum Gasteiger partial charge on any atom is 0.291 e. The molecule has 6 rings (SSSR count). The van der Waals surface area contributed by atoms with E-state index in [-0.39, 0.29) is 5.69 Å². The van der Waals surface area contributed by atoms with E-state index in [0.29, 0.717) is 4.90 Å². The fourth-order valence-electron chi connectivity index (χ4n) is 3.79. The van der Waals surface area contributed by atoms with Gasteiger partial charge in [0, 0.05) is 12.1 Å². The van der Waals surface area contributed by atoms with Crippen molar-refractivity contribution >= 4 is 27.3 Å². The molecule has 2 heterocycles. The molecule has 4 aromatic rings. The van der Waals surface area contributed by atoms with Crippen LogP contribution in [-0.4, -0.2) is 23.6 Å². The molecule has 2 aliphatic rings. The summed E-state index contributed by atoms with van der Waals surface area (Å²) in [7, 11) is -2.28. The van der Waals surface area contributed by atoms with Gasteiger partial charge < -0.3 is 5.21 Å². The Labute approximate surface area is 203 Å². The highest BCUT2D eigenvalue weighted by atomic mass is 32.2. The average Bonchev–Trinajstić information content (AvgIpc) is 3.31. The standard InChI is InChI=1S/C12H7NO3S.C12H8OS.HNO3/c14-13(15)8-5-6-10-9-3-1-2-4-11(9)17(16)12(10)7-8;13-14-11-7-3-1-5-9(11)10-6-2-4-8-12(10)14;2-1(3)4/h1-7H;1-8H;(H,2,3,4). The molecule has 35 heavy (non-hydrogen) atoms. The fraction of sp³-hybridized carbons (Fsp3) is 0. The molecule has 1 unspecified atom stereocenters. The SMILES string of the molecule is O=S1c2ccccc2-c2ccccc21.O=[N+]([O-])O.O=[N+]([O-])c1ccc2c(c1)S(=O)c1ccccc1-2. The van der Waals surface area contributed by atoms with Crippen molar-refractivity contribution in [1.82, 2.24) is 0 Å². The molecular weight excluding hydrogens is 492 g/mol. The predicted molar refractivity (Wildman–Crippen MR) is 129 cm³/mol.